The van der Waals surface area contributed by atoms with Crippen LogP contribution in [0.1, 0.15) is 6.42 Å². The molecular weight excluding hydrogens is 542 g/mol. The topological polar surface area (TPSA) is 0 Å². The molecule has 0 spiro atoms. The summed E-state index contributed by atoms with van der Waals surface area (Å²) in [5, 5.41) is 0. The summed E-state index contributed by atoms with van der Waals surface area (Å²) < 4.78 is 219. The molecule has 30 heavy (non-hydrogen) atoms. The number of hydrogen-bond acceptors (Lipinski definition) is 0. The van der Waals surface area contributed by atoms with Crippen molar-refractivity contribution in [2.75, 3.05) is 0 Å². The summed E-state index contributed by atoms with van der Waals surface area (Å²) >= 11 is 9.82. The van der Waals surface area contributed by atoms with Gasteiger partial charge in [-0.15, -0.1) is 22.2 Å². The Morgan fingerprint density at radius 3 is 0.967 bits per heavy atom. The van der Waals surface area contributed by atoms with E-state index in [9.17, 15) is 74.6 Å². The molecule has 0 nitrogen and oxygen atoms in total. The van der Waals surface area contributed by atoms with Gasteiger partial charge in [0.25, 0.3) is 7.42 Å². The first-order valence-corrected chi connectivity index (χ1v) is 10.3. The predicted molar refractivity (Wildman–Crippen MR) is 67.6 cm³/mol. The molecule has 0 heterocycles. The fraction of sp³-hybridized carbons (Fsp3) is 1.00. The second-order valence-corrected chi connectivity index (χ2v) is 9.98. The first-order valence-electron chi connectivity index (χ1n) is 6.55. The van der Waals surface area contributed by atoms with Gasteiger partial charge < -0.3 is 0 Å². The molecule has 181 valence electrons. The van der Waals surface area contributed by atoms with Gasteiger partial charge in [0.05, 0.1) is 0 Å². The van der Waals surface area contributed by atoms with Crippen molar-refractivity contribution in [3.63, 3.8) is 0 Å². The van der Waals surface area contributed by atoms with Gasteiger partial charge in [-0.05, 0) is 6.04 Å². The highest BCUT2D eigenvalue weighted by Gasteiger charge is 2.95. The maximum atomic E-state index is 13.3. The Kier molecular flexibility index (Phi) is 7.77. The Morgan fingerprint density at radius 1 is 0.433 bits per heavy atom. The van der Waals surface area contributed by atoms with E-state index in [0.29, 0.717) is 0 Å². The highest BCUT2D eigenvalue weighted by molar-refractivity contribution is 7.33. The van der Waals surface area contributed by atoms with Crippen LogP contribution in [-0.4, -0.2) is 55.1 Å². The Morgan fingerprint density at radius 2 is 0.700 bits per heavy atom. The van der Waals surface area contributed by atoms with Gasteiger partial charge in [-0.1, -0.05) is 0 Å². The summed E-state index contributed by atoms with van der Waals surface area (Å²) in [6.07, 6.45) is -10.4. The molecule has 0 rings (SSSR count). The minimum absolute atomic E-state index is 1.48. The lowest BCUT2D eigenvalue weighted by Crippen LogP contribution is -2.74. The molecule has 20 heteroatoms. The van der Waals surface area contributed by atoms with Gasteiger partial charge in [0.15, 0.2) is 0 Å². The largest absolute Gasteiger partial charge is 0.460 e. The highest BCUT2D eigenvalue weighted by atomic mass is 35.7. The average Bonchev–Trinajstić information content (AvgIpc) is 2.50. The van der Waals surface area contributed by atoms with Gasteiger partial charge in [-0.3, -0.25) is 0 Å². The molecule has 0 aliphatic carbocycles. The molecule has 0 saturated carbocycles. The van der Waals surface area contributed by atoms with Crippen LogP contribution in [0.2, 0.25) is 6.04 Å². The number of hydrogen-bond donors (Lipinski definition) is 0. The fourth-order valence-electron chi connectivity index (χ4n) is 1.60. The minimum Gasteiger partial charge on any atom is -0.200 e. The van der Waals surface area contributed by atoms with E-state index in [4.69, 9.17) is 22.2 Å². The van der Waals surface area contributed by atoms with Crippen molar-refractivity contribution in [2.24, 2.45) is 0 Å². The summed E-state index contributed by atoms with van der Waals surface area (Å²) in [5.74, 6) is -56.2. The third kappa shape index (κ3) is 4.15. The summed E-state index contributed by atoms with van der Waals surface area (Å²) in [7, 11) is -2.99. The molecule has 1 radical (unpaired) electrons. The van der Waals surface area contributed by atoms with Gasteiger partial charge >= 0.3 is 47.6 Å². The van der Waals surface area contributed by atoms with Crippen LogP contribution in [-0.2, 0) is 0 Å². The quantitative estimate of drug-likeness (QED) is 0.161. The summed E-state index contributed by atoms with van der Waals surface area (Å²) in [6, 6.07) is -1.48. The summed E-state index contributed by atoms with van der Waals surface area (Å²) in [5.41, 5.74) is 0. The van der Waals surface area contributed by atoms with Crippen molar-refractivity contribution in [3.05, 3.63) is 0 Å². The van der Waals surface area contributed by atoms with Crippen molar-refractivity contribution in [1.82, 2.24) is 0 Å². The highest BCUT2D eigenvalue weighted by Crippen LogP contribution is 2.64. The van der Waals surface area contributed by atoms with Crippen LogP contribution in [0.15, 0.2) is 0 Å². The molecule has 0 atom stereocenters. The van der Waals surface area contributed by atoms with Crippen molar-refractivity contribution in [2.45, 2.75) is 60.1 Å². The molecule has 0 unspecified atom stereocenters. The summed E-state index contributed by atoms with van der Waals surface area (Å²) in [4.78, 5) is 0. The van der Waals surface area contributed by atoms with Gasteiger partial charge in [-0.25, -0.2) is 0 Å². The maximum Gasteiger partial charge on any atom is 0.460 e. The van der Waals surface area contributed by atoms with E-state index in [-0.39, 0.29) is 0 Å². The lowest BCUT2D eigenvalue weighted by Gasteiger charge is -2.42. The molecule has 0 bridgehead atoms. The second kappa shape index (κ2) is 7.88. The zero-order valence-corrected chi connectivity index (χ0v) is 15.6. The molecule has 0 N–H and O–H groups in total. The van der Waals surface area contributed by atoms with E-state index >= 15 is 0 Å². The SMILES string of the molecule is FC(F)(F)C(F)(F)C(F)(F)C(F)(F)C(F)(F)C(F)(F)C(F)(F)C(F)(F)CC[Si](Cl)Cl. The van der Waals surface area contributed by atoms with E-state index < -0.39 is 67.5 Å². The number of halogens is 19. The molecule has 0 aliphatic heterocycles. The normalized spacial score (nSPS) is 16.4. The standard InChI is InChI=1S/C10H4Cl2F17Si/c11-30(12)2-1-3(13,14)4(15,16)5(17,18)6(19,20)7(21,22)8(23,24)9(25,26)10(27,28)29/h1-2H2. The number of rotatable bonds is 9. The smallest absolute Gasteiger partial charge is 0.200 e. The van der Waals surface area contributed by atoms with Crippen LogP contribution < -0.4 is 0 Å². The van der Waals surface area contributed by atoms with Crippen LogP contribution in [0.4, 0.5) is 74.6 Å². The van der Waals surface area contributed by atoms with Crippen molar-refractivity contribution < 1.29 is 74.6 Å². The van der Waals surface area contributed by atoms with Gasteiger partial charge in [0.1, 0.15) is 0 Å². The Labute approximate surface area is 165 Å². The summed E-state index contributed by atoms with van der Waals surface area (Å²) in [6.45, 7) is 0. The maximum absolute atomic E-state index is 13.3. The number of alkyl halides is 17. The van der Waals surface area contributed by atoms with Crippen molar-refractivity contribution in [1.29, 1.82) is 0 Å². The third-order valence-electron chi connectivity index (χ3n) is 3.42. The average molecular weight is 546 g/mol. The monoisotopic (exact) mass is 545 g/mol. The Bertz CT molecular complexity index is 610. The molecule has 0 amide bonds. The molecule has 0 aromatic heterocycles. The van der Waals surface area contributed by atoms with E-state index in [2.05, 4.69) is 0 Å². The van der Waals surface area contributed by atoms with E-state index in [1.807, 2.05) is 0 Å². The molecule has 0 saturated heterocycles. The first kappa shape index (κ1) is 29.6. The van der Waals surface area contributed by atoms with Crippen LogP contribution in [0, 0.1) is 0 Å². The fourth-order valence-corrected chi connectivity index (χ4v) is 2.67. The molecule has 0 aromatic rings. The Hall–Kier alpha value is -0.393. The van der Waals surface area contributed by atoms with Gasteiger partial charge in [0.2, 0.25) is 0 Å². The molecule has 0 fully saturated rings. The van der Waals surface area contributed by atoms with Gasteiger partial charge in [0, 0.05) is 6.42 Å². The zero-order valence-electron chi connectivity index (χ0n) is 13.1. The zero-order chi connectivity index (χ0) is 25.0. The minimum atomic E-state index is -8.62. The third-order valence-corrected chi connectivity index (χ3v) is 5.18. The van der Waals surface area contributed by atoms with E-state index in [1.54, 1.807) is 0 Å². The van der Waals surface area contributed by atoms with Crippen LogP contribution in [0.3, 0.4) is 0 Å². The van der Waals surface area contributed by atoms with E-state index in [0.717, 1.165) is 0 Å². The Balaban J connectivity index is 6.55. The molecule has 0 aliphatic rings. The first-order chi connectivity index (χ1) is 12.7. The van der Waals surface area contributed by atoms with Crippen LogP contribution in [0.25, 0.3) is 0 Å². The van der Waals surface area contributed by atoms with Crippen molar-refractivity contribution in [3.8, 4) is 0 Å². The second-order valence-electron chi connectivity index (χ2n) is 5.49. The molecular formula is C10H4Cl2F17Si. The predicted octanol–water partition coefficient (Wildman–Crippen LogP) is 7.35. The lowest BCUT2D eigenvalue weighted by molar-refractivity contribution is -0.461. The van der Waals surface area contributed by atoms with Crippen LogP contribution >= 0.6 is 22.2 Å². The van der Waals surface area contributed by atoms with Crippen LogP contribution in [0.5, 0.6) is 0 Å². The molecule has 0 aromatic carbocycles. The van der Waals surface area contributed by atoms with E-state index in [1.165, 1.54) is 0 Å². The van der Waals surface area contributed by atoms with Gasteiger partial charge in [-0.2, -0.15) is 74.6 Å². The lowest BCUT2D eigenvalue weighted by atomic mass is 9.88. The van der Waals surface area contributed by atoms with Crippen molar-refractivity contribution >= 4 is 29.6 Å².